The van der Waals surface area contributed by atoms with Crippen molar-refractivity contribution in [3.05, 3.63) is 24.3 Å². The van der Waals surface area contributed by atoms with E-state index in [1.54, 1.807) is 18.2 Å². The van der Waals surface area contributed by atoms with Gasteiger partial charge in [-0.2, -0.15) is 4.21 Å². The molecule has 0 radical (unpaired) electrons. The fourth-order valence-corrected chi connectivity index (χ4v) is 0.917. The molecule has 4 nitrogen and oxygen atoms in total. The molecule has 5 heteroatoms. The second-order valence-electron chi connectivity index (χ2n) is 1.87. The van der Waals surface area contributed by atoms with E-state index in [4.69, 9.17) is 10.3 Å². The van der Waals surface area contributed by atoms with E-state index >= 15 is 0 Å². The second kappa shape index (κ2) is 3.36. The molecule has 1 atom stereocenters. The van der Waals surface area contributed by atoms with Gasteiger partial charge in [0.25, 0.3) is 0 Å². The lowest BCUT2D eigenvalue weighted by molar-refractivity contribution is 0.458. The van der Waals surface area contributed by atoms with Gasteiger partial charge in [-0.1, -0.05) is 6.07 Å². The van der Waals surface area contributed by atoms with Gasteiger partial charge in [0.05, 0.1) is 0 Å². The minimum Gasteiger partial charge on any atom is -0.399 e. The van der Waals surface area contributed by atoms with Crippen LogP contribution >= 0.6 is 0 Å². The highest BCUT2D eigenvalue weighted by molar-refractivity contribution is 7.74. The molecule has 0 heterocycles. The van der Waals surface area contributed by atoms with E-state index in [9.17, 15) is 4.21 Å². The topological polar surface area (TPSA) is 72.5 Å². The number of hydrogen-bond acceptors (Lipinski definition) is 3. The van der Waals surface area contributed by atoms with Crippen molar-refractivity contribution in [3.8, 4) is 5.75 Å². The third kappa shape index (κ3) is 2.57. The van der Waals surface area contributed by atoms with Crippen LogP contribution in [0, 0.1) is 0 Å². The first-order valence-corrected chi connectivity index (χ1v) is 3.86. The van der Waals surface area contributed by atoms with Crippen LogP contribution in [-0.2, 0) is 11.4 Å². The van der Waals surface area contributed by atoms with Crippen LogP contribution in [0.1, 0.15) is 0 Å². The summed E-state index contributed by atoms with van der Waals surface area (Å²) in [6, 6.07) is 6.31. The van der Waals surface area contributed by atoms with Crippen molar-refractivity contribution in [1.82, 2.24) is 0 Å². The molecule has 60 valence electrons. The molecule has 3 N–H and O–H groups in total. The van der Waals surface area contributed by atoms with Gasteiger partial charge in [-0.05, 0) is 12.1 Å². The molecule has 0 aromatic heterocycles. The highest BCUT2D eigenvalue weighted by atomic mass is 32.2. The summed E-state index contributed by atoms with van der Waals surface area (Å²) in [6.07, 6.45) is 0. The van der Waals surface area contributed by atoms with Crippen LogP contribution in [0.25, 0.3) is 0 Å². The minimum absolute atomic E-state index is 0.283. The van der Waals surface area contributed by atoms with E-state index < -0.39 is 11.4 Å². The van der Waals surface area contributed by atoms with Gasteiger partial charge in [0.1, 0.15) is 5.75 Å². The predicted molar refractivity (Wildman–Crippen MR) is 42.3 cm³/mol. The van der Waals surface area contributed by atoms with Crippen LogP contribution in [0.2, 0.25) is 0 Å². The summed E-state index contributed by atoms with van der Waals surface area (Å²) in [4.78, 5) is 0. The molecule has 0 saturated heterocycles. The van der Waals surface area contributed by atoms with Crippen LogP contribution in [0.5, 0.6) is 5.75 Å². The molecule has 11 heavy (non-hydrogen) atoms. The summed E-state index contributed by atoms with van der Waals surface area (Å²) in [6.45, 7) is 0. The van der Waals surface area contributed by atoms with E-state index in [1.165, 1.54) is 6.07 Å². The Labute approximate surface area is 66.5 Å². The highest BCUT2D eigenvalue weighted by Crippen LogP contribution is 2.14. The Morgan fingerprint density at radius 3 is 2.82 bits per heavy atom. The summed E-state index contributed by atoms with van der Waals surface area (Å²) in [5.74, 6) is 0.283. The maximum atomic E-state index is 10.1. The lowest BCUT2D eigenvalue weighted by Crippen LogP contribution is -1.97. The Balaban J connectivity index is 2.79. The molecule has 0 aliphatic heterocycles. The molecule has 0 aliphatic carbocycles. The van der Waals surface area contributed by atoms with Gasteiger partial charge in [0.2, 0.25) is 0 Å². The zero-order chi connectivity index (χ0) is 8.27. The predicted octanol–water partition coefficient (Wildman–Crippen LogP) is 0.784. The van der Waals surface area contributed by atoms with Crippen LogP contribution in [-0.4, -0.2) is 8.76 Å². The van der Waals surface area contributed by atoms with Gasteiger partial charge in [-0.15, -0.1) is 0 Å². The van der Waals surface area contributed by atoms with Gasteiger partial charge >= 0.3 is 11.4 Å². The van der Waals surface area contributed by atoms with Crippen molar-refractivity contribution >= 4 is 17.0 Å². The average molecular weight is 173 g/mol. The minimum atomic E-state index is -2.28. The largest absolute Gasteiger partial charge is 0.399 e. The molecule has 1 aromatic carbocycles. The van der Waals surface area contributed by atoms with Gasteiger partial charge in [0.15, 0.2) is 0 Å². The number of nitrogen functional groups attached to an aromatic ring is 1. The first-order chi connectivity index (χ1) is 5.18. The van der Waals surface area contributed by atoms with E-state index in [-0.39, 0.29) is 5.75 Å². The number of hydrogen-bond donors (Lipinski definition) is 2. The zero-order valence-corrected chi connectivity index (χ0v) is 6.38. The molecule has 1 rings (SSSR count). The maximum absolute atomic E-state index is 10.1. The van der Waals surface area contributed by atoms with E-state index in [0.717, 1.165) is 0 Å². The first-order valence-electron chi connectivity index (χ1n) is 2.83. The van der Waals surface area contributed by atoms with Gasteiger partial charge in [-0.3, -0.25) is 4.55 Å². The SMILES string of the molecule is Nc1cccc(OS(=O)O)c1. The summed E-state index contributed by atoms with van der Waals surface area (Å²) < 4.78 is 22.9. The Morgan fingerprint density at radius 2 is 2.27 bits per heavy atom. The van der Waals surface area contributed by atoms with E-state index in [1.807, 2.05) is 0 Å². The normalized spacial score (nSPS) is 12.5. The zero-order valence-electron chi connectivity index (χ0n) is 5.56. The molecule has 0 spiro atoms. The van der Waals surface area contributed by atoms with Crippen molar-refractivity contribution in [3.63, 3.8) is 0 Å². The van der Waals surface area contributed by atoms with E-state index in [0.29, 0.717) is 5.69 Å². The summed E-state index contributed by atoms with van der Waals surface area (Å²) in [5.41, 5.74) is 5.87. The molecule has 0 saturated carbocycles. The smallest absolute Gasteiger partial charge is 0.357 e. The molecular weight excluding hydrogens is 166 g/mol. The standard InChI is InChI=1S/C6H7NO3S/c7-5-2-1-3-6(4-5)10-11(8)9/h1-4H,7H2,(H,8,9). The maximum Gasteiger partial charge on any atom is 0.357 e. The first kappa shape index (κ1) is 8.03. The molecule has 0 amide bonds. The van der Waals surface area contributed by atoms with Gasteiger partial charge in [0, 0.05) is 11.8 Å². The Morgan fingerprint density at radius 1 is 1.55 bits per heavy atom. The Hall–Kier alpha value is -1.07. The number of anilines is 1. The average Bonchev–Trinajstić information content (AvgIpc) is 1.85. The van der Waals surface area contributed by atoms with Gasteiger partial charge in [-0.25, -0.2) is 0 Å². The van der Waals surface area contributed by atoms with Crippen LogP contribution in [0.15, 0.2) is 24.3 Å². The van der Waals surface area contributed by atoms with Crippen LogP contribution in [0.3, 0.4) is 0 Å². The molecule has 1 aromatic rings. The Kier molecular flexibility index (Phi) is 2.45. The van der Waals surface area contributed by atoms with Crippen molar-refractivity contribution < 1.29 is 12.9 Å². The monoisotopic (exact) mass is 173 g/mol. The number of nitrogens with two attached hydrogens (primary N) is 1. The van der Waals surface area contributed by atoms with E-state index in [2.05, 4.69) is 4.18 Å². The lowest BCUT2D eigenvalue weighted by atomic mass is 10.3. The van der Waals surface area contributed by atoms with Crippen LogP contribution in [0.4, 0.5) is 5.69 Å². The van der Waals surface area contributed by atoms with Gasteiger partial charge < -0.3 is 9.92 Å². The van der Waals surface area contributed by atoms with Crippen molar-refractivity contribution in [1.29, 1.82) is 0 Å². The quantitative estimate of drug-likeness (QED) is 0.512. The second-order valence-corrected chi connectivity index (χ2v) is 2.47. The molecular formula is C6H7NO3S. The highest BCUT2D eigenvalue weighted by Gasteiger charge is 1.96. The van der Waals surface area contributed by atoms with Crippen molar-refractivity contribution in [2.45, 2.75) is 0 Å². The fraction of sp³-hybridized carbons (Fsp3) is 0. The molecule has 0 bridgehead atoms. The summed E-state index contributed by atoms with van der Waals surface area (Å²) >= 11 is -2.28. The molecule has 1 unspecified atom stereocenters. The molecule has 0 fully saturated rings. The number of rotatable bonds is 2. The summed E-state index contributed by atoms with van der Waals surface area (Å²) in [5, 5.41) is 0. The van der Waals surface area contributed by atoms with Crippen molar-refractivity contribution in [2.75, 3.05) is 5.73 Å². The van der Waals surface area contributed by atoms with Crippen LogP contribution < -0.4 is 9.92 Å². The number of benzene rings is 1. The fourth-order valence-electron chi connectivity index (χ4n) is 0.649. The molecule has 0 aliphatic rings. The lowest BCUT2D eigenvalue weighted by Gasteiger charge is -1.99. The third-order valence-corrected chi connectivity index (χ3v) is 1.36. The Bertz CT molecular complexity index is 276. The van der Waals surface area contributed by atoms with Crippen molar-refractivity contribution in [2.24, 2.45) is 0 Å². The third-order valence-electron chi connectivity index (χ3n) is 1.03. The summed E-state index contributed by atoms with van der Waals surface area (Å²) in [7, 11) is 0.